The van der Waals surface area contributed by atoms with Crippen LogP contribution in [0.2, 0.25) is 5.02 Å². The number of aromatic nitrogens is 2. The Morgan fingerprint density at radius 1 is 1.14 bits per heavy atom. The van der Waals surface area contributed by atoms with Crippen molar-refractivity contribution in [1.29, 1.82) is 0 Å². The number of amides is 1. The molecule has 9 heteroatoms. The van der Waals surface area contributed by atoms with Crippen molar-refractivity contribution in [2.24, 2.45) is 4.99 Å². The van der Waals surface area contributed by atoms with Gasteiger partial charge in [0.15, 0.2) is 0 Å². The Kier molecular flexibility index (Phi) is 6.20. The monoisotopic (exact) mass is 503 g/mol. The second kappa shape index (κ2) is 9.47. The van der Waals surface area contributed by atoms with Gasteiger partial charge in [-0.1, -0.05) is 17.7 Å². The van der Waals surface area contributed by atoms with Gasteiger partial charge in [0, 0.05) is 34.3 Å². The van der Waals surface area contributed by atoms with Gasteiger partial charge in [0.05, 0.1) is 36.1 Å². The molecule has 3 aromatic carbocycles. The molecule has 7 nitrogen and oxygen atoms in total. The zero-order valence-corrected chi connectivity index (χ0v) is 20.6. The molecule has 1 aromatic heterocycles. The summed E-state index contributed by atoms with van der Waals surface area (Å²) in [5, 5.41) is 11.0. The second-order valence-electron chi connectivity index (χ2n) is 8.47. The van der Waals surface area contributed by atoms with Crippen LogP contribution in [0.1, 0.15) is 24.1 Å². The molecule has 2 N–H and O–H groups in total. The molecule has 1 unspecified atom stereocenters. The van der Waals surface area contributed by atoms with Crippen LogP contribution >= 0.6 is 11.6 Å². The number of likely N-dealkylation sites (N-methyl/N-ethyl adjacent to an activating group) is 1. The molecule has 1 aliphatic rings. The molecule has 0 radical (unpaired) electrons. The molecule has 1 atom stereocenters. The molecule has 5 rings (SSSR count). The number of anilines is 1. The van der Waals surface area contributed by atoms with Crippen LogP contribution in [0.5, 0.6) is 5.75 Å². The topological polar surface area (TPSA) is 82.6 Å². The maximum absolute atomic E-state index is 15.2. The van der Waals surface area contributed by atoms with Gasteiger partial charge in [0.25, 0.3) is 5.91 Å². The van der Waals surface area contributed by atoms with Gasteiger partial charge in [0.2, 0.25) is 0 Å². The van der Waals surface area contributed by atoms with Gasteiger partial charge in [-0.05, 0) is 61.5 Å². The van der Waals surface area contributed by atoms with Gasteiger partial charge < -0.3 is 15.0 Å². The number of hydrogen-bond donors (Lipinski definition) is 2. The molecule has 4 aromatic rings. The van der Waals surface area contributed by atoms with Crippen molar-refractivity contribution >= 4 is 39.9 Å². The number of hydrogen-bond acceptors (Lipinski definition) is 5. The molecule has 36 heavy (non-hydrogen) atoms. The number of fused-ring (bicyclic) bond motifs is 1. The first-order valence-corrected chi connectivity index (χ1v) is 11.6. The Hall–Kier alpha value is -4.17. The van der Waals surface area contributed by atoms with Crippen LogP contribution in [0.15, 0.2) is 83.1 Å². The lowest BCUT2D eigenvalue weighted by atomic mass is 9.92. The summed E-state index contributed by atoms with van der Waals surface area (Å²) in [5.41, 5.74) is 3.40. The lowest BCUT2D eigenvalue weighted by Crippen LogP contribution is -2.39. The van der Waals surface area contributed by atoms with E-state index in [1.165, 1.54) is 6.07 Å². The highest BCUT2D eigenvalue weighted by atomic mass is 35.5. The minimum absolute atomic E-state index is 0.277. The summed E-state index contributed by atoms with van der Waals surface area (Å²) in [6.07, 6.45) is 1.68. The van der Waals surface area contributed by atoms with Gasteiger partial charge in [-0.25, -0.2) is 9.38 Å². The first kappa shape index (κ1) is 23.6. The fraction of sp³-hybridized carbons (Fsp3) is 0.148. The zero-order valence-electron chi connectivity index (χ0n) is 19.8. The Balaban J connectivity index is 1.59. The number of allylic oxidation sites excluding steroid dienone is 1. The van der Waals surface area contributed by atoms with Gasteiger partial charge in [-0.2, -0.15) is 5.10 Å². The zero-order chi connectivity index (χ0) is 25.4. The summed E-state index contributed by atoms with van der Waals surface area (Å²) in [4.78, 5) is 20.2. The number of carbonyl (C=O) groups is 1. The number of nitrogens with zero attached hydrogens (tertiary/aromatic N) is 3. The molecule has 0 bridgehead atoms. The van der Waals surface area contributed by atoms with Crippen molar-refractivity contribution in [3.63, 3.8) is 0 Å². The summed E-state index contributed by atoms with van der Waals surface area (Å²) < 4.78 is 20.5. The van der Waals surface area contributed by atoms with Crippen LogP contribution in [-0.4, -0.2) is 41.0 Å². The Morgan fingerprint density at radius 2 is 1.92 bits per heavy atom. The van der Waals surface area contributed by atoms with Crippen LogP contribution in [0.25, 0.3) is 10.9 Å². The molecule has 0 saturated heterocycles. The smallest absolute Gasteiger partial charge is 0.255 e. The number of methoxy groups -OCH3 is 1. The predicted octanol–water partition coefficient (Wildman–Crippen LogP) is 5.71. The van der Waals surface area contributed by atoms with Crippen LogP contribution < -0.4 is 10.1 Å². The Morgan fingerprint density at radius 3 is 2.64 bits per heavy atom. The number of H-pyrrole nitrogens is 1. The maximum Gasteiger partial charge on any atom is 0.255 e. The first-order chi connectivity index (χ1) is 17.4. The summed E-state index contributed by atoms with van der Waals surface area (Å²) >= 11 is 6.03. The van der Waals surface area contributed by atoms with E-state index >= 15 is 4.39 Å². The molecule has 0 spiro atoms. The molecular formula is C27H23ClFN5O2. The summed E-state index contributed by atoms with van der Waals surface area (Å²) in [6, 6.07) is 16.6. The van der Waals surface area contributed by atoms with Crippen molar-refractivity contribution in [2.45, 2.75) is 13.0 Å². The molecule has 182 valence electrons. The van der Waals surface area contributed by atoms with E-state index in [4.69, 9.17) is 21.3 Å². The van der Waals surface area contributed by atoms with E-state index in [0.717, 1.165) is 16.5 Å². The number of aliphatic imine (C=N–C) groups is 1. The molecule has 0 saturated carbocycles. The van der Waals surface area contributed by atoms with Crippen molar-refractivity contribution < 1.29 is 13.9 Å². The number of rotatable bonds is 5. The molecule has 2 heterocycles. The number of amidine groups is 1. The fourth-order valence-corrected chi connectivity index (χ4v) is 4.57. The van der Waals surface area contributed by atoms with Crippen molar-refractivity contribution in [3.8, 4) is 5.75 Å². The molecule has 1 aliphatic heterocycles. The largest absolute Gasteiger partial charge is 0.497 e. The van der Waals surface area contributed by atoms with E-state index in [1.54, 1.807) is 50.4 Å². The van der Waals surface area contributed by atoms with Crippen LogP contribution in [-0.2, 0) is 4.79 Å². The molecular weight excluding hydrogens is 481 g/mol. The summed E-state index contributed by atoms with van der Waals surface area (Å²) in [7, 11) is 3.39. The van der Waals surface area contributed by atoms with Crippen molar-refractivity contribution in [3.05, 3.63) is 100 Å². The second-order valence-corrected chi connectivity index (χ2v) is 8.90. The quantitative estimate of drug-likeness (QED) is 0.365. The minimum Gasteiger partial charge on any atom is -0.497 e. The third-order valence-corrected chi connectivity index (χ3v) is 6.44. The van der Waals surface area contributed by atoms with E-state index in [0.29, 0.717) is 34.1 Å². The highest BCUT2D eigenvalue weighted by Crippen LogP contribution is 2.38. The predicted molar refractivity (Wildman–Crippen MR) is 139 cm³/mol. The minimum atomic E-state index is -0.741. The van der Waals surface area contributed by atoms with E-state index in [1.807, 2.05) is 36.4 Å². The number of nitrogens with one attached hydrogen (secondary N) is 2. The number of carbonyl (C=O) groups excluding carboxylic acids is 1. The first-order valence-electron chi connectivity index (χ1n) is 11.2. The van der Waals surface area contributed by atoms with E-state index in [2.05, 4.69) is 15.5 Å². The Bertz CT molecular complexity index is 1530. The van der Waals surface area contributed by atoms with Crippen molar-refractivity contribution in [1.82, 2.24) is 15.1 Å². The molecule has 0 aliphatic carbocycles. The number of benzene rings is 3. The lowest BCUT2D eigenvalue weighted by Gasteiger charge is -2.36. The van der Waals surface area contributed by atoms with Crippen LogP contribution in [0.3, 0.4) is 0 Å². The SMILES string of the molecule is COc1ccc(C2=NC(C)=C(C(=O)Nc3ccc4[nH]ncc4c3)C(c3ccc(Cl)cc3F)N2C)cc1. The fourth-order valence-electron chi connectivity index (χ4n) is 4.41. The van der Waals surface area contributed by atoms with Gasteiger partial charge >= 0.3 is 0 Å². The summed E-state index contributed by atoms with van der Waals surface area (Å²) in [5.74, 6) is 0.429. The molecule has 1 amide bonds. The molecule has 0 fully saturated rings. The third kappa shape index (κ3) is 4.31. The van der Waals surface area contributed by atoms with Crippen LogP contribution in [0.4, 0.5) is 10.1 Å². The van der Waals surface area contributed by atoms with Gasteiger partial charge in [0.1, 0.15) is 17.4 Å². The highest BCUT2D eigenvalue weighted by molar-refractivity contribution is 6.30. The van der Waals surface area contributed by atoms with Crippen molar-refractivity contribution in [2.75, 3.05) is 19.5 Å². The van der Waals surface area contributed by atoms with Gasteiger partial charge in [-0.3, -0.25) is 9.89 Å². The van der Waals surface area contributed by atoms with E-state index in [-0.39, 0.29) is 10.9 Å². The average molecular weight is 504 g/mol. The van der Waals surface area contributed by atoms with Crippen LogP contribution in [0, 0.1) is 5.82 Å². The standard InChI is InChI=1S/C27H23ClFN5O2/c1-15-24(27(35)32-19-7-11-23-17(12-19)14-30-33-23)25(21-10-6-18(28)13-22(21)29)34(2)26(31-15)16-4-8-20(36-3)9-5-16/h4-14,25H,1-3H3,(H,30,33)(H,32,35). The van der Waals surface area contributed by atoms with E-state index in [9.17, 15) is 4.79 Å². The normalized spacial score (nSPS) is 15.8. The average Bonchev–Trinajstić information content (AvgIpc) is 3.33. The highest BCUT2D eigenvalue weighted by Gasteiger charge is 2.36. The summed E-state index contributed by atoms with van der Waals surface area (Å²) in [6.45, 7) is 1.76. The maximum atomic E-state index is 15.2. The van der Waals surface area contributed by atoms with E-state index < -0.39 is 11.9 Å². The number of halogens is 2. The third-order valence-electron chi connectivity index (χ3n) is 6.21. The Labute approximate surface area is 212 Å². The lowest BCUT2D eigenvalue weighted by molar-refractivity contribution is -0.113. The number of aromatic amines is 1. The van der Waals surface area contributed by atoms with Gasteiger partial charge in [-0.15, -0.1) is 0 Å². The number of ether oxygens (including phenoxy) is 1.